The van der Waals surface area contributed by atoms with Crippen LogP contribution in [0, 0.1) is 5.92 Å². The molecule has 0 saturated heterocycles. The number of primary amides is 1. The third-order valence-corrected chi connectivity index (χ3v) is 2.31. The SMILES string of the molecule is C=CCN(CC(=O)O)C(=O)C(CC(C)C)NC(N)=O. The lowest BCUT2D eigenvalue weighted by Crippen LogP contribution is -2.51. The topological polar surface area (TPSA) is 113 Å². The van der Waals surface area contributed by atoms with Gasteiger partial charge in [-0.2, -0.15) is 0 Å². The number of aliphatic carboxylic acids is 1. The van der Waals surface area contributed by atoms with Gasteiger partial charge in [-0.15, -0.1) is 6.58 Å². The number of nitrogens with two attached hydrogens (primary N) is 1. The Kier molecular flexibility index (Phi) is 7.25. The van der Waals surface area contributed by atoms with Crippen LogP contribution in [0.25, 0.3) is 0 Å². The third kappa shape index (κ3) is 7.07. The molecule has 0 rings (SSSR count). The number of carbonyl (C=O) groups excluding carboxylic acids is 2. The number of hydrogen-bond donors (Lipinski definition) is 3. The molecule has 3 amide bonds. The molecule has 0 fully saturated rings. The van der Waals surface area contributed by atoms with Crippen molar-refractivity contribution in [1.82, 2.24) is 10.2 Å². The maximum Gasteiger partial charge on any atom is 0.323 e. The molecule has 0 radical (unpaired) electrons. The zero-order valence-corrected chi connectivity index (χ0v) is 11.3. The lowest BCUT2D eigenvalue weighted by atomic mass is 10.0. The summed E-state index contributed by atoms with van der Waals surface area (Å²) >= 11 is 0. The Balaban J connectivity index is 4.92. The number of amides is 3. The van der Waals surface area contributed by atoms with Crippen LogP contribution in [0.5, 0.6) is 0 Å². The van der Waals surface area contributed by atoms with Crippen LogP contribution < -0.4 is 11.1 Å². The first-order chi connectivity index (χ1) is 8.77. The normalized spacial score (nSPS) is 11.7. The van der Waals surface area contributed by atoms with Crippen LogP contribution >= 0.6 is 0 Å². The Morgan fingerprint density at radius 2 is 2.00 bits per heavy atom. The predicted molar refractivity (Wildman–Crippen MR) is 70.4 cm³/mol. The summed E-state index contributed by atoms with van der Waals surface area (Å²) in [5, 5.41) is 11.1. The van der Waals surface area contributed by atoms with E-state index >= 15 is 0 Å². The fourth-order valence-corrected chi connectivity index (χ4v) is 1.64. The maximum absolute atomic E-state index is 12.2. The first-order valence-electron chi connectivity index (χ1n) is 5.95. The number of rotatable bonds is 8. The van der Waals surface area contributed by atoms with Crippen molar-refractivity contribution in [3.8, 4) is 0 Å². The third-order valence-electron chi connectivity index (χ3n) is 2.31. The summed E-state index contributed by atoms with van der Waals surface area (Å²) in [5.41, 5.74) is 5.02. The first-order valence-corrected chi connectivity index (χ1v) is 5.95. The molecule has 1 atom stereocenters. The number of nitrogens with one attached hydrogen (secondary N) is 1. The molecule has 0 saturated carbocycles. The van der Waals surface area contributed by atoms with Crippen LogP contribution in [0.1, 0.15) is 20.3 Å². The summed E-state index contributed by atoms with van der Waals surface area (Å²) in [6, 6.07) is -1.63. The minimum Gasteiger partial charge on any atom is -0.480 e. The molecule has 1 unspecified atom stereocenters. The second-order valence-electron chi connectivity index (χ2n) is 4.59. The summed E-state index contributed by atoms with van der Waals surface area (Å²) in [4.78, 5) is 34.9. The lowest BCUT2D eigenvalue weighted by molar-refractivity contribution is -0.144. The monoisotopic (exact) mass is 271 g/mol. The summed E-state index contributed by atoms with van der Waals surface area (Å²) in [7, 11) is 0. The van der Waals surface area contributed by atoms with Crippen LogP contribution in [-0.4, -0.2) is 47.0 Å². The van der Waals surface area contributed by atoms with Crippen molar-refractivity contribution < 1.29 is 19.5 Å². The van der Waals surface area contributed by atoms with E-state index in [1.165, 1.54) is 6.08 Å². The Labute approximate surface area is 112 Å². The van der Waals surface area contributed by atoms with Gasteiger partial charge in [0.2, 0.25) is 5.91 Å². The largest absolute Gasteiger partial charge is 0.480 e. The summed E-state index contributed by atoms with van der Waals surface area (Å²) in [6.07, 6.45) is 1.81. The fraction of sp³-hybridized carbons (Fsp3) is 0.583. The van der Waals surface area contributed by atoms with Crippen LogP contribution in [0.15, 0.2) is 12.7 Å². The average Bonchev–Trinajstić information content (AvgIpc) is 2.24. The summed E-state index contributed by atoms with van der Waals surface area (Å²) < 4.78 is 0. The van der Waals surface area contributed by atoms with Crippen molar-refractivity contribution >= 4 is 17.9 Å². The molecule has 0 aliphatic carbocycles. The van der Waals surface area contributed by atoms with E-state index in [1.807, 2.05) is 13.8 Å². The smallest absolute Gasteiger partial charge is 0.323 e. The first kappa shape index (κ1) is 16.9. The molecule has 19 heavy (non-hydrogen) atoms. The molecular weight excluding hydrogens is 250 g/mol. The number of nitrogens with zero attached hydrogens (tertiary/aromatic N) is 1. The fourth-order valence-electron chi connectivity index (χ4n) is 1.64. The van der Waals surface area contributed by atoms with Gasteiger partial charge in [-0.25, -0.2) is 4.79 Å². The van der Waals surface area contributed by atoms with Gasteiger partial charge in [-0.05, 0) is 12.3 Å². The van der Waals surface area contributed by atoms with Gasteiger partial charge in [0.25, 0.3) is 0 Å². The van der Waals surface area contributed by atoms with E-state index in [2.05, 4.69) is 11.9 Å². The highest BCUT2D eigenvalue weighted by atomic mass is 16.4. The minimum atomic E-state index is -1.13. The standard InChI is InChI=1S/C12H21N3O4/c1-4-5-15(7-10(16)17)11(18)9(6-8(2)3)14-12(13)19/h4,8-9H,1,5-7H2,2-3H3,(H,16,17)(H3,13,14,19). The van der Waals surface area contributed by atoms with E-state index in [0.717, 1.165) is 4.90 Å². The highest BCUT2D eigenvalue weighted by Crippen LogP contribution is 2.08. The molecule has 7 heteroatoms. The van der Waals surface area contributed by atoms with Gasteiger partial charge < -0.3 is 21.1 Å². The van der Waals surface area contributed by atoms with Crippen LogP contribution in [-0.2, 0) is 9.59 Å². The molecule has 108 valence electrons. The molecule has 0 aromatic heterocycles. The zero-order chi connectivity index (χ0) is 15.0. The average molecular weight is 271 g/mol. The van der Waals surface area contributed by atoms with Crippen molar-refractivity contribution in [1.29, 1.82) is 0 Å². The molecular formula is C12H21N3O4. The van der Waals surface area contributed by atoms with E-state index in [0.29, 0.717) is 6.42 Å². The van der Waals surface area contributed by atoms with Crippen LogP contribution in [0.3, 0.4) is 0 Å². The number of carboxylic acids is 1. The Morgan fingerprint density at radius 3 is 2.37 bits per heavy atom. The summed E-state index contributed by atoms with van der Waals surface area (Å²) in [5.74, 6) is -1.46. The molecule has 0 heterocycles. The molecule has 7 nitrogen and oxygen atoms in total. The van der Waals surface area contributed by atoms with Gasteiger partial charge in [0.15, 0.2) is 0 Å². The number of carbonyl (C=O) groups is 3. The van der Waals surface area contributed by atoms with E-state index in [4.69, 9.17) is 10.8 Å². The minimum absolute atomic E-state index is 0.0974. The van der Waals surface area contributed by atoms with Crippen LogP contribution in [0.2, 0.25) is 0 Å². The van der Waals surface area contributed by atoms with Crippen molar-refractivity contribution in [3.05, 3.63) is 12.7 Å². The summed E-state index contributed by atoms with van der Waals surface area (Å²) in [6.45, 7) is 6.90. The molecule has 4 N–H and O–H groups in total. The molecule has 0 bridgehead atoms. The molecule has 0 aromatic carbocycles. The molecule has 0 aliphatic heterocycles. The molecule has 0 aliphatic rings. The lowest BCUT2D eigenvalue weighted by Gasteiger charge is -2.26. The quantitative estimate of drug-likeness (QED) is 0.546. The van der Waals surface area contributed by atoms with E-state index in [9.17, 15) is 14.4 Å². The number of hydrogen-bond acceptors (Lipinski definition) is 3. The van der Waals surface area contributed by atoms with Crippen molar-refractivity contribution in [3.63, 3.8) is 0 Å². The van der Waals surface area contributed by atoms with Gasteiger partial charge >= 0.3 is 12.0 Å². The van der Waals surface area contributed by atoms with Gasteiger partial charge in [0.1, 0.15) is 12.6 Å². The second-order valence-corrected chi connectivity index (χ2v) is 4.59. The predicted octanol–water partition coefficient (Wildman–Crippen LogP) is 0.169. The van der Waals surface area contributed by atoms with Gasteiger partial charge in [0.05, 0.1) is 0 Å². The van der Waals surface area contributed by atoms with Crippen LogP contribution in [0.4, 0.5) is 4.79 Å². The van der Waals surface area contributed by atoms with Crippen molar-refractivity contribution in [2.45, 2.75) is 26.3 Å². The van der Waals surface area contributed by atoms with E-state index < -0.39 is 30.5 Å². The number of carboxylic acid groups (broad SMARTS) is 1. The molecule has 0 spiro atoms. The molecule has 0 aromatic rings. The second kappa shape index (κ2) is 8.12. The number of urea groups is 1. The highest BCUT2D eigenvalue weighted by Gasteiger charge is 2.26. The van der Waals surface area contributed by atoms with E-state index in [-0.39, 0.29) is 12.5 Å². The van der Waals surface area contributed by atoms with E-state index in [1.54, 1.807) is 0 Å². The zero-order valence-electron chi connectivity index (χ0n) is 11.3. The van der Waals surface area contributed by atoms with Gasteiger partial charge in [-0.3, -0.25) is 9.59 Å². The van der Waals surface area contributed by atoms with Crippen molar-refractivity contribution in [2.75, 3.05) is 13.1 Å². The Morgan fingerprint density at radius 1 is 1.42 bits per heavy atom. The Bertz CT molecular complexity index is 355. The van der Waals surface area contributed by atoms with Crippen molar-refractivity contribution in [2.24, 2.45) is 11.7 Å². The maximum atomic E-state index is 12.2. The van der Waals surface area contributed by atoms with Gasteiger partial charge in [0, 0.05) is 6.54 Å². The highest BCUT2D eigenvalue weighted by molar-refractivity contribution is 5.88. The van der Waals surface area contributed by atoms with Gasteiger partial charge in [-0.1, -0.05) is 19.9 Å². The Hall–Kier alpha value is -2.05.